The van der Waals surface area contributed by atoms with Crippen molar-refractivity contribution in [3.63, 3.8) is 0 Å². The fourth-order valence-corrected chi connectivity index (χ4v) is 5.45. The summed E-state index contributed by atoms with van der Waals surface area (Å²) in [6.45, 7) is 9.59. The van der Waals surface area contributed by atoms with Crippen molar-refractivity contribution in [2.45, 2.75) is 59.4 Å². The fraction of sp³-hybridized carbons (Fsp3) is 0.306. The van der Waals surface area contributed by atoms with Crippen LogP contribution in [0.5, 0.6) is 11.5 Å². The monoisotopic (exact) mass is 862 g/mol. The van der Waals surface area contributed by atoms with Gasteiger partial charge in [-0.1, -0.05) is 37.8 Å². The number of carbonyl (C=O) groups is 1. The first kappa shape index (κ1) is 48.7. The molecule has 17 heteroatoms. The Morgan fingerprint density at radius 3 is 1.83 bits per heavy atom. The molecule has 0 saturated carbocycles. The maximum atomic E-state index is 13.8. The van der Waals surface area contributed by atoms with E-state index in [0.717, 1.165) is 28.7 Å². The number of benzene rings is 2. The average Bonchev–Trinajstić information content (AvgIpc) is 3.83. The molecular formula is C36H40BF2IN4Na2O7. The fourth-order valence-electron chi connectivity index (χ4n) is 4.91. The van der Waals surface area contributed by atoms with Gasteiger partial charge in [0.25, 0.3) is 6.47 Å². The van der Waals surface area contributed by atoms with Crippen molar-refractivity contribution in [2.24, 2.45) is 9.98 Å². The number of ether oxygens (including phenoxy) is 2. The third-order valence-corrected chi connectivity index (χ3v) is 9.25. The molecule has 4 aromatic rings. The first-order chi connectivity index (χ1) is 23.8. The molecule has 0 spiro atoms. The zero-order valence-electron chi connectivity index (χ0n) is 31.3. The van der Waals surface area contributed by atoms with Crippen molar-refractivity contribution in [1.29, 1.82) is 0 Å². The van der Waals surface area contributed by atoms with E-state index in [9.17, 15) is 8.78 Å². The van der Waals surface area contributed by atoms with Crippen LogP contribution in [0.1, 0.15) is 58.8 Å². The van der Waals surface area contributed by atoms with Crippen LogP contribution in [0.25, 0.3) is 11.1 Å². The zero-order valence-corrected chi connectivity index (χ0v) is 36.4. The summed E-state index contributed by atoms with van der Waals surface area (Å²) in [5, 5.41) is 8.43. The van der Waals surface area contributed by atoms with Crippen LogP contribution >= 0.6 is 22.6 Å². The molecule has 11 nitrogen and oxygen atoms in total. The SMILES string of the molecule is C.CC1(C)OB(c2ccc3c(c2)C=NC3)OC1(C)C.COc1ccnc(F)c1-c1ccc2c(c1)C=NC2.COc1ccnc(F)c1I.O=CO[O-].[H-].[Na+].[Na+]. The first-order valence-corrected chi connectivity index (χ1v) is 16.3. The largest absolute Gasteiger partial charge is 1.00 e. The van der Waals surface area contributed by atoms with Gasteiger partial charge in [-0.3, -0.25) is 14.8 Å². The Morgan fingerprint density at radius 2 is 1.32 bits per heavy atom. The number of aromatic nitrogens is 2. The molecule has 2 aromatic carbocycles. The molecule has 53 heavy (non-hydrogen) atoms. The number of fused-ring (bicyclic) bond motifs is 2. The van der Waals surface area contributed by atoms with Crippen LogP contribution in [0.2, 0.25) is 0 Å². The van der Waals surface area contributed by atoms with Crippen LogP contribution < -0.4 is 79.3 Å². The summed E-state index contributed by atoms with van der Waals surface area (Å²) >= 11 is 1.84. The summed E-state index contributed by atoms with van der Waals surface area (Å²) in [5.41, 5.74) is 6.28. The molecular weight excluding hydrogens is 822 g/mol. The van der Waals surface area contributed by atoms with Gasteiger partial charge in [-0.25, -0.2) is 9.97 Å². The molecule has 0 unspecified atom stereocenters. The summed E-state index contributed by atoms with van der Waals surface area (Å²) in [4.78, 5) is 26.8. The van der Waals surface area contributed by atoms with E-state index in [1.807, 2.05) is 47.0 Å². The predicted octanol–water partition coefficient (Wildman–Crippen LogP) is -0.228. The maximum Gasteiger partial charge on any atom is 1.00 e. The second-order valence-electron chi connectivity index (χ2n) is 11.9. The molecule has 5 heterocycles. The van der Waals surface area contributed by atoms with Crippen LogP contribution in [0.3, 0.4) is 0 Å². The minimum atomic E-state index is -0.524. The van der Waals surface area contributed by atoms with Crippen molar-refractivity contribution in [2.75, 3.05) is 14.2 Å². The quantitative estimate of drug-likeness (QED) is 0.0667. The van der Waals surface area contributed by atoms with Gasteiger partial charge in [-0.05, 0) is 102 Å². The van der Waals surface area contributed by atoms with E-state index in [1.54, 1.807) is 18.3 Å². The van der Waals surface area contributed by atoms with Gasteiger partial charge in [0.15, 0.2) is 0 Å². The summed E-state index contributed by atoms with van der Waals surface area (Å²) in [7, 11) is 2.73. The number of pyridine rings is 2. The second kappa shape index (κ2) is 22.3. The van der Waals surface area contributed by atoms with E-state index in [2.05, 4.69) is 70.7 Å². The Kier molecular flexibility index (Phi) is 20.5. The van der Waals surface area contributed by atoms with Gasteiger partial charge in [0.05, 0.1) is 44.1 Å². The molecule has 7 rings (SSSR count). The van der Waals surface area contributed by atoms with Crippen LogP contribution in [0.15, 0.2) is 70.9 Å². The van der Waals surface area contributed by atoms with Gasteiger partial charge in [-0.2, -0.15) is 8.78 Å². The molecule has 0 bridgehead atoms. The number of methoxy groups -OCH3 is 2. The Hall–Kier alpha value is -2.32. The Bertz CT molecular complexity index is 1880. The Morgan fingerprint density at radius 1 is 0.830 bits per heavy atom. The van der Waals surface area contributed by atoms with Gasteiger partial charge < -0.3 is 30.4 Å². The van der Waals surface area contributed by atoms with E-state index in [4.69, 9.17) is 28.8 Å². The molecule has 2 aromatic heterocycles. The van der Waals surface area contributed by atoms with E-state index < -0.39 is 11.9 Å². The minimum absolute atomic E-state index is 0. The number of aliphatic imine (C=N–C) groups is 2. The second-order valence-corrected chi connectivity index (χ2v) is 13.0. The van der Waals surface area contributed by atoms with Crippen LogP contribution in [-0.2, 0) is 32.1 Å². The topological polar surface area (TPSA) is 137 Å². The van der Waals surface area contributed by atoms with Crippen molar-refractivity contribution in [1.82, 2.24) is 9.97 Å². The number of rotatable bonds is 5. The van der Waals surface area contributed by atoms with E-state index in [1.165, 1.54) is 37.7 Å². The molecule has 1 saturated heterocycles. The summed E-state index contributed by atoms with van der Waals surface area (Å²) in [5.74, 6) is -0.00493. The average molecular weight is 862 g/mol. The van der Waals surface area contributed by atoms with Crippen molar-refractivity contribution in [3.8, 4) is 22.6 Å². The Labute approximate surface area is 368 Å². The van der Waals surface area contributed by atoms with Gasteiger partial charge in [-0.15, -0.1) is 0 Å². The molecule has 272 valence electrons. The first-order valence-electron chi connectivity index (χ1n) is 15.2. The molecule has 3 aliphatic heterocycles. The standard InChI is InChI=1S/C14H18BNO2.C14H11FN2O.C6H5FINO.CH2O3.CH4.2Na.H/c1-13(2)14(3,4)18-15(17-13)12-6-5-10-8-16-9-11(10)7-12;1-18-12-4-5-17-14(15)13(12)9-2-3-10-7-16-8-11(10)6-9;1-10-4-2-3-9-6(7)5(4)8;2-1-4-3;;;;/h5-7,9H,8H2,1-4H3;2-6,8H,7H2,1H3;2-3H,1H3;1,3H;1H4;;;/q;;;;;2*+1;-1/p-1. The van der Waals surface area contributed by atoms with Crippen LogP contribution in [-0.4, -0.2) is 61.4 Å². The Balaban J connectivity index is 0.000000741. The molecule has 0 N–H and O–H groups in total. The van der Waals surface area contributed by atoms with Crippen molar-refractivity contribution < 1.29 is 103 Å². The maximum absolute atomic E-state index is 13.8. The van der Waals surface area contributed by atoms with Crippen LogP contribution in [0, 0.1) is 15.5 Å². The summed E-state index contributed by atoms with van der Waals surface area (Å²) in [6.07, 6.45) is 6.49. The van der Waals surface area contributed by atoms with Gasteiger partial charge in [0.1, 0.15) is 15.1 Å². The van der Waals surface area contributed by atoms with Crippen LogP contribution in [0.4, 0.5) is 8.78 Å². The van der Waals surface area contributed by atoms with E-state index in [-0.39, 0.29) is 92.8 Å². The molecule has 1 fully saturated rings. The zero-order chi connectivity index (χ0) is 36.5. The van der Waals surface area contributed by atoms with Gasteiger partial charge in [0.2, 0.25) is 11.9 Å². The number of halogens is 3. The smallest absolute Gasteiger partial charge is 1.00 e. The van der Waals surface area contributed by atoms with Gasteiger partial charge >= 0.3 is 66.2 Å². The van der Waals surface area contributed by atoms with Crippen molar-refractivity contribution >= 4 is 54.1 Å². The van der Waals surface area contributed by atoms with Gasteiger partial charge in [0, 0.05) is 24.8 Å². The molecule has 0 atom stereocenters. The number of hydrogen-bond donors (Lipinski definition) is 0. The molecule has 0 amide bonds. The molecule has 0 radical (unpaired) electrons. The van der Waals surface area contributed by atoms with Crippen molar-refractivity contribution in [3.05, 3.63) is 98.6 Å². The molecule has 3 aliphatic rings. The third kappa shape index (κ3) is 12.3. The minimum Gasteiger partial charge on any atom is -1.00 e. The normalized spacial score (nSPS) is 14.4. The number of nitrogens with zero attached hydrogens (tertiary/aromatic N) is 4. The van der Waals surface area contributed by atoms with E-state index >= 15 is 0 Å². The number of carbonyl (C=O) groups excluding carboxylic acids is 1. The number of hydrogen-bond acceptors (Lipinski definition) is 11. The summed E-state index contributed by atoms with van der Waals surface area (Å²) < 4.78 is 48.9. The molecule has 0 aliphatic carbocycles. The third-order valence-electron chi connectivity index (χ3n) is 8.27. The predicted molar refractivity (Wildman–Crippen MR) is 199 cm³/mol. The summed E-state index contributed by atoms with van der Waals surface area (Å²) in [6, 6.07) is 15.3. The van der Waals surface area contributed by atoms with E-state index in [0.29, 0.717) is 27.2 Å².